The monoisotopic (exact) mass is 225 g/mol. The fraction of sp³-hybridized carbons (Fsp3) is 0.600. The van der Waals surface area contributed by atoms with E-state index in [0.717, 1.165) is 12.8 Å². The van der Waals surface area contributed by atoms with Crippen LogP contribution >= 0.6 is 11.8 Å². The summed E-state index contributed by atoms with van der Waals surface area (Å²) in [6.45, 7) is 0. The largest absolute Gasteiger partial charge is 0.327 e. The number of thioether (sulfide) groups is 1. The molecule has 2 atom stereocenters. The summed E-state index contributed by atoms with van der Waals surface area (Å²) in [5, 5.41) is 1.08. The second kappa shape index (κ2) is 4.81. The Morgan fingerprint density at radius 2 is 2.27 bits per heavy atom. The second-order valence-electron chi connectivity index (χ2n) is 3.84. The van der Waals surface area contributed by atoms with Crippen LogP contribution in [0, 0.1) is 0 Å². The highest BCUT2D eigenvalue weighted by Crippen LogP contribution is 2.30. The van der Waals surface area contributed by atoms with E-state index in [0.29, 0.717) is 10.4 Å². The van der Waals surface area contributed by atoms with Crippen LogP contribution in [0.25, 0.3) is 0 Å². The number of aromatic nitrogens is 2. The van der Waals surface area contributed by atoms with E-state index in [2.05, 4.69) is 9.97 Å². The number of rotatable bonds is 2. The summed E-state index contributed by atoms with van der Waals surface area (Å²) in [5.74, 6) is 0. The van der Waals surface area contributed by atoms with Crippen LogP contribution in [-0.2, 0) is 0 Å². The van der Waals surface area contributed by atoms with Crippen LogP contribution in [-0.4, -0.2) is 21.3 Å². The molecule has 3 N–H and O–H groups in total. The quantitative estimate of drug-likeness (QED) is 0.740. The lowest BCUT2D eigenvalue weighted by molar-refractivity contribution is 0.452. The molecule has 0 aromatic carbocycles. The van der Waals surface area contributed by atoms with Gasteiger partial charge in [-0.3, -0.25) is 4.79 Å². The Morgan fingerprint density at radius 3 is 3.00 bits per heavy atom. The Hall–Kier alpha value is -0.810. The summed E-state index contributed by atoms with van der Waals surface area (Å²) in [6.07, 6.45) is 6.17. The zero-order valence-electron chi connectivity index (χ0n) is 8.48. The highest BCUT2D eigenvalue weighted by Gasteiger charge is 2.23. The van der Waals surface area contributed by atoms with Gasteiger partial charge in [0.1, 0.15) is 0 Å². The normalized spacial score (nSPS) is 26.5. The van der Waals surface area contributed by atoms with Crippen molar-refractivity contribution in [3.63, 3.8) is 0 Å². The Balaban J connectivity index is 2.04. The van der Waals surface area contributed by atoms with Crippen molar-refractivity contribution in [3.05, 3.63) is 22.6 Å². The van der Waals surface area contributed by atoms with Crippen molar-refractivity contribution in [1.29, 1.82) is 0 Å². The third-order valence-corrected chi connectivity index (χ3v) is 3.98. The molecule has 0 aliphatic heterocycles. The molecule has 4 nitrogen and oxygen atoms in total. The van der Waals surface area contributed by atoms with Crippen molar-refractivity contribution in [2.75, 3.05) is 0 Å². The number of nitrogens with one attached hydrogen (secondary N) is 1. The molecule has 0 saturated heterocycles. The second-order valence-corrected chi connectivity index (χ2v) is 5.07. The van der Waals surface area contributed by atoms with Gasteiger partial charge in [0.15, 0.2) is 5.16 Å². The number of nitrogens with two attached hydrogens (primary N) is 1. The van der Waals surface area contributed by atoms with Crippen molar-refractivity contribution in [2.45, 2.75) is 42.1 Å². The smallest absolute Gasteiger partial charge is 0.251 e. The van der Waals surface area contributed by atoms with Gasteiger partial charge in [-0.25, -0.2) is 4.98 Å². The van der Waals surface area contributed by atoms with E-state index in [9.17, 15) is 4.79 Å². The zero-order chi connectivity index (χ0) is 10.7. The van der Waals surface area contributed by atoms with Crippen LogP contribution in [0.2, 0.25) is 0 Å². The van der Waals surface area contributed by atoms with E-state index in [-0.39, 0.29) is 11.6 Å². The van der Waals surface area contributed by atoms with Gasteiger partial charge in [-0.15, -0.1) is 0 Å². The van der Waals surface area contributed by atoms with Gasteiger partial charge in [-0.05, 0) is 12.8 Å². The summed E-state index contributed by atoms with van der Waals surface area (Å²) in [5.41, 5.74) is 5.92. The Bertz CT molecular complexity index is 379. The molecular formula is C10H15N3OS. The molecule has 1 aliphatic rings. The molecule has 1 aliphatic carbocycles. The van der Waals surface area contributed by atoms with E-state index in [1.165, 1.54) is 25.1 Å². The molecule has 1 heterocycles. The Labute approximate surface area is 92.7 Å². The molecule has 0 radical (unpaired) electrons. The molecule has 1 aromatic heterocycles. The van der Waals surface area contributed by atoms with Gasteiger partial charge in [0.05, 0.1) is 0 Å². The lowest BCUT2D eigenvalue weighted by Gasteiger charge is -2.27. The van der Waals surface area contributed by atoms with Gasteiger partial charge < -0.3 is 10.7 Å². The first-order valence-electron chi connectivity index (χ1n) is 5.23. The number of H-pyrrole nitrogens is 1. The average Bonchev–Trinajstić information content (AvgIpc) is 2.22. The third-order valence-electron chi connectivity index (χ3n) is 2.66. The highest BCUT2D eigenvalue weighted by molar-refractivity contribution is 7.99. The van der Waals surface area contributed by atoms with E-state index in [4.69, 9.17) is 5.73 Å². The van der Waals surface area contributed by atoms with Crippen LogP contribution < -0.4 is 11.3 Å². The molecule has 0 bridgehead atoms. The fourth-order valence-electron chi connectivity index (χ4n) is 1.83. The lowest BCUT2D eigenvalue weighted by Crippen LogP contribution is -2.35. The van der Waals surface area contributed by atoms with Crippen molar-refractivity contribution in [2.24, 2.45) is 5.73 Å². The van der Waals surface area contributed by atoms with Crippen molar-refractivity contribution in [3.8, 4) is 0 Å². The van der Waals surface area contributed by atoms with Crippen LogP contribution in [0.4, 0.5) is 0 Å². The molecule has 5 heteroatoms. The SMILES string of the molecule is NC1CCCCC1Sc1nccc(=O)[nH]1. The molecule has 1 aromatic rings. The molecule has 82 valence electrons. The third kappa shape index (κ3) is 2.82. The molecular weight excluding hydrogens is 210 g/mol. The van der Waals surface area contributed by atoms with E-state index in [1.807, 2.05) is 0 Å². The maximum Gasteiger partial charge on any atom is 0.251 e. The predicted molar refractivity (Wildman–Crippen MR) is 60.9 cm³/mol. The van der Waals surface area contributed by atoms with Crippen LogP contribution in [0.5, 0.6) is 0 Å². The lowest BCUT2D eigenvalue weighted by atomic mass is 9.96. The van der Waals surface area contributed by atoms with Gasteiger partial charge in [0.2, 0.25) is 0 Å². The summed E-state index contributed by atoms with van der Waals surface area (Å²) >= 11 is 1.60. The number of hydrogen-bond acceptors (Lipinski definition) is 4. The molecule has 0 amide bonds. The van der Waals surface area contributed by atoms with Crippen molar-refractivity contribution >= 4 is 11.8 Å². The number of nitrogens with zero attached hydrogens (tertiary/aromatic N) is 1. The van der Waals surface area contributed by atoms with Crippen LogP contribution in [0.1, 0.15) is 25.7 Å². The summed E-state index contributed by atoms with van der Waals surface area (Å²) in [7, 11) is 0. The Morgan fingerprint density at radius 1 is 1.47 bits per heavy atom. The van der Waals surface area contributed by atoms with E-state index >= 15 is 0 Å². The predicted octanol–water partition coefficient (Wildman–Crippen LogP) is 1.13. The molecule has 15 heavy (non-hydrogen) atoms. The standard InChI is InChI=1S/C10H15N3OS/c11-7-3-1-2-4-8(7)15-10-12-6-5-9(14)13-10/h5-8H,1-4,11H2,(H,12,13,14). The molecule has 2 rings (SSSR count). The van der Waals surface area contributed by atoms with Gasteiger partial charge in [-0.1, -0.05) is 24.6 Å². The van der Waals surface area contributed by atoms with Crippen molar-refractivity contribution < 1.29 is 0 Å². The van der Waals surface area contributed by atoms with Crippen LogP contribution in [0.3, 0.4) is 0 Å². The van der Waals surface area contributed by atoms with Gasteiger partial charge in [-0.2, -0.15) is 0 Å². The molecule has 0 spiro atoms. The maximum atomic E-state index is 11.1. The molecule has 2 unspecified atom stereocenters. The summed E-state index contributed by atoms with van der Waals surface area (Å²) in [6, 6.07) is 1.65. The van der Waals surface area contributed by atoms with Gasteiger partial charge >= 0.3 is 0 Å². The molecule has 1 fully saturated rings. The minimum absolute atomic E-state index is 0.100. The van der Waals surface area contributed by atoms with E-state index < -0.39 is 0 Å². The van der Waals surface area contributed by atoms with Gasteiger partial charge in [0, 0.05) is 23.6 Å². The zero-order valence-corrected chi connectivity index (χ0v) is 9.30. The minimum atomic E-state index is -0.100. The summed E-state index contributed by atoms with van der Waals surface area (Å²) in [4.78, 5) is 17.9. The first-order valence-corrected chi connectivity index (χ1v) is 6.11. The van der Waals surface area contributed by atoms with E-state index in [1.54, 1.807) is 11.8 Å². The number of aromatic amines is 1. The van der Waals surface area contributed by atoms with Gasteiger partial charge in [0.25, 0.3) is 5.56 Å². The van der Waals surface area contributed by atoms with Crippen molar-refractivity contribution in [1.82, 2.24) is 9.97 Å². The fourth-order valence-corrected chi connectivity index (χ4v) is 2.99. The summed E-state index contributed by atoms with van der Waals surface area (Å²) < 4.78 is 0. The average molecular weight is 225 g/mol. The number of hydrogen-bond donors (Lipinski definition) is 2. The highest BCUT2D eigenvalue weighted by atomic mass is 32.2. The van der Waals surface area contributed by atoms with Crippen LogP contribution in [0.15, 0.2) is 22.2 Å². The minimum Gasteiger partial charge on any atom is -0.327 e. The first kappa shape index (κ1) is 10.7. The first-order chi connectivity index (χ1) is 7.25. The maximum absolute atomic E-state index is 11.1. The molecule has 1 saturated carbocycles. The Kier molecular flexibility index (Phi) is 3.43. The topological polar surface area (TPSA) is 71.8 Å².